The molecular formula is C18H29N3O3S2. The van der Waals surface area contributed by atoms with Gasteiger partial charge in [0.2, 0.25) is 0 Å². The van der Waals surface area contributed by atoms with Gasteiger partial charge in [-0.25, -0.2) is 8.42 Å². The Morgan fingerprint density at radius 2 is 1.77 bits per heavy atom. The van der Waals surface area contributed by atoms with Crippen molar-refractivity contribution in [3.05, 3.63) is 17.0 Å². The van der Waals surface area contributed by atoms with Crippen molar-refractivity contribution >= 4 is 27.3 Å². The number of rotatable bonds is 4. The molecule has 1 aromatic heterocycles. The molecule has 1 unspecified atom stereocenters. The van der Waals surface area contributed by atoms with Gasteiger partial charge in [-0.3, -0.25) is 4.79 Å². The van der Waals surface area contributed by atoms with Crippen molar-refractivity contribution in [2.75, 3.05) is 26.2 Å². The Kier molecular flexibility index (Phi) is 6.06. The molecule has 0 aliphatic carbocycles. The van der Waals surface area contributed by atoms with E-state index in [4.69, 9.17) is 5.73 Å². The number of nitrogens with zero attached hydrogens (tertiary/aromatic N) is 2. The van der Waals surface area contributed by atoms with Crippen LogP contribution >= 0.6 is 11.3 Å². The summed E-state index contributed by atoms with van der Waals surface area (Å²) >= 11 is 1.10. The van der Waals surface area contributed by atoms with Gasteiger partial charge in [-0.15, -0.1) is 11.3 Å². The first-order valence-electron chi connectivity index (χ1n) is 9.44. The summed E-state index contributed by atoms with van der Waals surface area (Å²) in [5, 5.41) is 0. The van der Waals surface area contributed by atoms with Crippen molar-refractivity contribution in [1.82, 2.24) is 9.21 Å². The second-order valence-electron chi connectivity index (χ2n) is 7.69. The largest absolute Gasteiger partial charge is 0.338 e. The van der Waals surface area contributed by atoms with E-state index in [0.29, 0.717) is 42.9 Å². The van der Waals surface area contributed by atoms with Gasteiger partial charge in [-0.1, -0.05) is 6.92 Å². The molecule has 2 fully saturated rings. The predicted molar refractivity (Wildman–Crippen MR) is 104 cm³/mol. The third-order valence-electron chi connectivity index (χ3n) is 5.70. The smallest absolute Gasteiger partial charge is 0.263 e. The fraction of sp³-hybridized carbons (Fsp3) is 0.722. The Morgan fingerprint density at radius 3 is 2.35 bits per heavy atom. The first-order chi connectivity index (χ1) is 12.3. The van der Waals surface area contributed by atoms with Crippen molar-refractivity contribution in [2.24, 2.45) is 17.6 Å². The van der Waals surface area contributed by atoms with Crippen LogP contribution in [-0.2, 0) is 10.0 Å². The molecular weight excluding hydrogens is 370 g/mol. The molecule has 3 heterocycles. The van der Waals surface area contributed by atoms with Gasteiger partial charge < -0.3 is 10.6 Å². The van der Waals surface area contributed by atoms with E-state index in [1.165, 1.54) is 0 Å². The monoisotopic (exact) mass is 399 g/mol. The van der Waals surface area contributed by atoms with E-state index in [2.05, 4.69) is 6.92 Å². The minimum absolute atomic E-state index is 0.0631. The van der Waals surface area contributed by atoms with Crippen LogP contribution in [0.15, 0.2) is 16.3 Å². The summed E-state index contributed by atoms with van der Waals surface area (Å²) in [4.78, 5) is 15.1. The Labute approximate surface area is 160 Å². The Hall–Kier alpha value is -0.960. The lowest BCUT2D eigenvalue weighted by molar-refractivity contribution is 0.0686. The Morgan fingerprint density at radius 1 is 1.15 bits per heavy atom. The van der Waals surface area contributed by atoms with Gasteiger partial charge in [0.15, 0.2) is 0 Å². The normalized spacial score (nSPS) is 22.5. The van der Waals surface area contributed by atoms with E-state index < -0.39 is 10.0 Å². The minimum atomic E-state index is -3.48. The first kappa shape index (κ1) is 19.8. The number of sulfonamides is 1. The number of carbonyl (C=O) groups excluding carboxylic acids is 1. The summed E-state index contributed by atoms with van der Waals surface area (Å²) in [7, 11) is -3.48. The molecule has 3 rings (SSSR count). The van der Waals surface area contributed by atoms with Crippen LogP contribution in [0.25, 0.3) is 0 Å². The first-order valence-corrected chi connectivity index (χ1v) is 11.7. The average Bonchev–Trinajstić information content (AvgIpc) is 3.12. The molecule has 26 heavy (non-hydrogen) atoms. The molecule has 0 aromatic carbocycles. The van der Waals surface area contributed by atoms with Gasteiger partial charge in [-0.05, 0) is 56.6 Å². The van der Waals surface area contributed by atoms with Crippen LogP contribution in [0, 0.1) is 11.8 Å². The molecule has 1 atom stereocenters. The standard InChI is InChI=1S/C18H29N3O3S2/c1-13-5-11-21(12-6-13)26(23,24)17-4-3-16(25-17)18(22)20-9-7-15(8-10-20)14(2)19/h3-4,13-15H,5-12,19H2,1-2H3. The van der Waals surface area contributed by atoms with Crippen molar-refractivity contribution in [3.63, 3.8) is 0 Å². The van der Waals surface area contributed by atoms with Crippen molar-refractivity contribution < 1.29 is 13.2 Å². The van der Waals surface area contributed by atoms with Crippen LogP contribution in [0.3, 0.4) is 0 Å². The van der Waals surface area contributed by atoms with E-state index in [-0.39, 0.29) is 16.2 Å². The molecule has 2 saturated heterocycles. The predicted octanol–water partition coefficient (Wildman–Crippen LogP) is 2.37. The minimum Gasteiger partial charge on any atom is -0.338 e. The van der Waals surface area contributed by atoms with Gasteiger partial charge in [-0.2, -0.15) is 4.31 Å². The lowest BCUT2D eigenvalue weighted by Gasteiger charge is -2.33. The summed E-state index contributed by atoms with van der Waals surface area (Å²) in [6.45, 7) is 6.68. The Balaban J connectivity index is 1.67. The fourth-order valence-electron chi connectivity index (χ4n) is 3.71. The SMILES string of the molecule is CC1CCN(S(=O)(=O)c2ccc(C(=O)N3CCC(C(C)N)CC3)s2)CC1. The zero-order valence-electron chi connectivity index (χ0n) is 15.6. The number of carbonyl (C=O) groups is 1. The summed E-state index contributed by atoms with van der Waals surface area (Å²) in [6.07, 6.45) is 3.60. The van der Waals surface area contributed by atoms with Gasteiger partial charge >= 0.3 is 0 Å². The molecule has 0 bridgehead atoms. The summed E-state index contributed by atoms with van der Waals surface area (Å²) in [6, 6.07) is 3.39. The average molecular weight is 400 g/mol. The highest BCUT2D eigenvalue weighted by atomic mass is 32.2. The zero-order valence-corrected chi connectivity index (χ0v) is 17.2. The van der Waals surface area contributed by atoms with Gasteiger partial charge in [0, 0.05) is 32.2 Å². The fourth-order valence-corrected chi connectivity index (χ4v) is 6.61. The third kappa shape index (κ3) is 4.13. The van der Waals surface area contributed by atoms with E-state index in [0.717, 1.165) is 37.0 Å². The second-order valence-corrected chi connectivity index (χ2v) is 10.9. The lowest BCUT2D eigenvalue weighted by Crippen LogP contribution is -2.42. The summed E-state index contributed by atoms with van der Waals surface area (Å²) < 4.78 is 27.5. The topological polar surface area (TPSA) is 83.7 Å². The number of piperidine rings is 2. The third-order valence-corrected chi connectivity index (χ3v) is 9.14. The molecule has 0 spiro atoms. The summed E-state index contributed by atoms with van der Waals surface area (Å²) in [5.41, 5.74) is 5.96. The van der Waals surface area contributed by atoms with Crippen molar-refractivity contribution in [2.45, 2.75) is 49.8 Å². The van der Waals surface area contributed by atoms with E-state index in [9.17, 15) is 13.2 Å². The molecule has 2 N–H and O–H groups in total. The lowest BCUT2D eigenvalue weighted by atomic mass is 9.91. The molecule has 6 nitrogen and oxygen atoms in total. The molecule has 146 valence electrons. The van der Waals surface area contributed by atoms with Crippen LogP contribution in [0.1, 0.15) is 49.2 Å². The van der Waals surface area contributed by atoms with E-state index >= 15 is 0 Å². The van der Waals surface area contributed by atoms with Crippen LogP contribution in [0.4, 0.5) is 0 Å². The molecule has 0 radical (unpaired) electrons. The quantitative estimate of drug-likeness (QED) is 0.842. The molecule has 1 amide bonds. The highest BCUT2D eigenvalue weighted by Crippen LogP contribution is 2.30. The number of thiophene rings is 1. The molecule has 1 aromatic rings. The highest BCUT2D eigenvalue weighted by molar-refractivity contribution is 7.91. The maximum Gasteiger partial charge on any atom is 0.263 e. The van der Waals surface area contributed by atoms with Crippen LogP contribution in [-0.4, -0.2) is 55.8 Å². The second kappa shape index (κ2) is 7.96. The van der Waals surface area contributed by atoms with Crippen LogP contribution in [0.2, 0.25) is 0 Å². The van der Waals surface area contributed by atoms with Gasteiger partial charge in [0.05, 0.1) is 4.88 Å². The molecule has 2 aliphatic rings. The van der Waals surface area contributed by atoms with Crippen LogP contribution in [0.5, 0.6) is 0 Å². The zero-order chi connectivity index (χ0) is 18.9. The number of likely N-dealkylation sites (tertiary alicyclic amines) is 1. The molecule has 0 saturated carbocycles. The van der Waals surface area contributed by atoms with Gasteiger partial charge in [0.1, 0.15) is 4.21 Å². The number of hydrogen-bond acceptors (Lipinski definition) is 5. The molecule has 8 heteroatoms. The van der Waals surface area contributed by atoms with Gasteiger partial charge in [0.25, 0.3) is 15.9 Å². The molecule has 2 aliphatic heterocycles. The van der Waals surface area contributed by atoms with E-state index in [1.807, 2.05) is 11.8 Å². The number of nitrogens with two attached hydrogens (primary N) is 1. The van der Waals surface area contributed by atoms with Crippen LogP contribution < -0.4 is 5.73 Å². The number of amides is 1. The number of hydrogen-bond donors (Lipinski definition) is 1. The van der Waals surface area contributed by atoms with Crippen molar-refractivity contribution in [1.29, 1.82) is 0 Å². The van der Waals surface area contributed by atoms with Crippen molar-refractivity contribution in [3.8, 4) is 0 Å². The summed E-state index contributed by atoms with van der Waals surface area (Å²) in [5.74, 6) is 0.966. The maximum atomic E-state index is 12.8. The Bertz CT molecular complexity index is 729. The maximum absolute atomic E-state index is 12.8. The highest BCUT2D eigenvalue weighted by Gasteiger charge is 2.31. The van der Waals surface area contributed by atoms with E-state index in [1.54, 1.807) is 16.4 Å².